The minimum absolute atomic E-state index is 0.399. The Hall–Kier alpha value is -2.19. The number of carbonyl (C=O) groups excluding carboxylic acids is 1. The van der Waals surface area contributed by atoms with E-state index in [4.69, 9.17) is 0 Å². The second-order valence-corrected chi connectivity index (χ2v) is 3.63. The molecule has 0 aliphatic carbocycles. The maximum atomic E-state index is 11.5. The van der Waals surface area contributed by atoms with Gasteiger partial charge in [-0.15, -0.1) is 0 Å². The van der Waals surface area contributed by atoms with E-state index in [1.165, 1.54) is 7.11 Å². The smallest absolute Gasteiger partial charge is 0.337 e. The third kappa shape index (κ3) is 2.39. The van der Waals surface area contributed by atoms with Crippen molar-refractivity contribution in [1.82, 2.24) is 9.78 Å². The van der Waals surface area contributed by atoms with Crippen LogP contribution in [0.3, 0.4) is 0 Å². The molecule has 0 radical (unpaired) electrons. The van der Waals surface area contributed by atoms with Crippen molar-refractivity contribution in [2.75, 3.05) is 7.11 Å². The molecule has 0 atom stereocenters. The Labute approximate surface area is 110 Å². The summed E-state index contributed by atoms with van der Waals surface area (Å²) in [5.74, 6) is 2.43. The van der Waals surface area contributed by atoms with E-state index in [9.17, 15) is 4.79 Å². The van der Waals surface area contributed by atoms with Crippen molar-refractivity contribution < 1.29 is 9.53 Å². The van der Waals surface area contributed by atoms with E-state index >= 15 is 0 Å². The summed E-state index contributed by atoms with van der Waals surface area (Å²) in [5.41, 5.74) is 1.89. The Balaban J connectivity index is 2.54. The van der Waals surface area contributed by atoms with Crippen molar-refractivity contribution in [3.63, 3.8) is 0 Å². The normalized spacial score (nSPS) is 9.44. The molecule has 1 aromatic heterocycles. The first-order valence-corrected chi connectivity index (χ1v) is 5.58. The fraction of sp³-hybridized carbons (Fsp3) is 0.0769. The quantitative estimate of drug-likeness (QED) is 0.508. The van der Waals surface area contributed by atoms with E-state index < -0.39 is 5.97 Å². The van der Waals surface area contributed by atoms with E-state index in [-0.39, 0.29) is 0 Å². The summed E-state index contributed by atoms with van der Waals surface area (Å²) < 4.78 is 6.35. The summed E-state index contributed by atoms with van der Waals surface area (Å²) in [6.07, 6.45) is 3.48. The molecule has 18 heavy (non-hydrogen) atoms. The van der Waals surface area contributed by atoms with Crippen molar-refractivity contribution in [1.29, 1.82) is 0 Å². The summed E-state index contributed by atoms with van der Waals surface area (Å²) >= 11 is 3.88. The van der Waals surface area contributed by atoms with Gasteiger partial charge in [0, 0.05) is 12.4 Å². The maximum Gasteiger partial charge on any atom is 0.337 e. The lowest BCUT2D eigenvalue weighted by atomic mass is 10.1. The zero-order chi connectivity index (χ0) is 13.0. The van der Waals surface area contributed by atoms with Crippen LogP contribution >= 0.6 is 12.6 Å². The second-order valence-electron chi connectivity index (χ2n) is 3.41. The minimum Gasteiger partial charge on any atom is -0.465 e. The SMILES string of the molecule is COC(=O)c1ccc(-n2cccn2)c(C#CS)c1. The second kappa shape index (κ2) is 5.43. The Morgan fingerprint density at radius 3 is 2.94 bits per heavy atom. The van der Waals surface area contributed by atoms with Crippen LogP contribution in [0.1, 0.15) is 15.9 Å². The number of ether oxygens (including phenoxy) is 1. The number of carbonyl (C=O) groups is 1. The lowest BCUT2D eigenvalue weighted by Gasteiger charge is -2.06. The summed E-state index contributed by atoms with van der Waals surface area (Å²) in [5, 5.41) is 6.65. The van der Waals surface area contributed by atoms with Crippen LogP contribution in [0, 0.1) is 11.2 Å². The predicted octanol–water partition coefficient (Wildman–Crippen LogP) is 1.90. The molecule has 2 rings (SSSR count). The van der Waals surface area contributed by atoms with Crippen molar-refractivity contribution in [2.45, 2.75) is 0 Å². The van der Waals surface area contributed by atoms with E-state index in [1.54, 1.807) is 35.3 Å². The van der Waals surface area contributed by atoms with E-state index in [0.717, 1.165) is 5.69 Å². The first-order chi connectivity index (χ1) is 8.76. The molecule has 0 fully saturated rings. The number of hydrogen-bond acceptors (Lipinski definition) is 4. The third-order valence-electron chi connectivity index (χ3n) is 2.36. The Bertz CT molecular complexity index is 624. The van der Waals surface area contributed by atoms with Crippen molar-refractivity contribution in [3.8, 4) is 16.9 Å². The molecule has 0 aliphatic heterocycles. The molecular formula is C13H10N2O2S. The molecule has 4 nitrogen and oxygen atoms in total. The molecular weight excluding hydrogens is 248 g/mol. The molecule has 0 spiro atoms. The molecule has 0 saturated carbocycles. The summed E-state index contributed by atoms with van der Waals surface area (Å²) in [7, 11) is 1.34. The lowest BCUT2D eigenvalue weighted by Crippen LogP contribution is -2.04. The van der Waals surface area contributed by atoms with Gasteiger partial charge in [-0.2, -0.15) is 5.10 Å². The molecule has 0 aliphatic rings. The van der Waals surface area contributed by atoms with Gasteiger partial charge in [0.1, 0.15) is 0 Å². The molecule has 0 bridgehead atoms. The van der Waals surface area contributed by atoms with Crippen molar-refractivity contribution >= 4 is 18.6 Å². The van der Waals surface area contributed by atoms with E-state index in [0.29, 0.717) is 11.1 Å². The fourth-order valence-electron chi connectivity index (χ4n) is 1.55. The highest BCUT2D eigenvalue weighted by Gasteiger charge is 2.10. The topological polar surface area (TPSA) is 44.1 Å². The van der Waals surface area contributed by atoms with E-state index in [1.807, 2.05) is 6.07 Å². The van der Waals surface area contributed by atoms with Crippen LogP contribution in [-0.2, 0) is 4.74 Å². The van der Waals surface area contributed by atoms with Crippen LogP contribution < -0.4 is 0 Å². The number of aromatic nitrogens is 2. The number of methoxy groups -OCH3 is 1. The average molecular weight is 258 g/mol. The van der Waals surface area contributed by atoms with Gasteiger partial charge in [0.2, 0.25) is 0 Å². The molecule has 1 heterocycles. The number of thiol groups is 1. The van der Waals surface area contributed by atoms with Gasteiger partial charge < -0.3 is 4.74 Å². The maximum absolute atomic E-state index is 11.5. The van der Waals surface area contributed by atoms with Crippen LogP contribution in [0.15, 0.2) is 36.7 Å². The highest BCUT2D eigenvalue weighted by Crippen LogP contribution is 2.16. The number of nitrogens with zero attached hydrogens (tertiary/aromatic N) is 2. The monoisotopic (exact) mass is 258 g/mol. The van der Waals surface area contributed by atoms with Gasteiger partial charge in [-0.25, -0.2) is 9.48 Å². The largest absolute Gasteiger partial charge is 0.465 e. The van der Waals surface area contributed by atoms with Gasteiger partial charge >= 0.3 is 5.97 Å². The molecule has 1 aromatic carbocycles. The fourth-order valence-corrected chi connectivity index (χ4v) is 1.67. The zero-order valence-electron chi connectivity index (χ0n) is 9.62. The molecule has 2 aromatic rings. The summed E-state index contributed by atoms with van der Waals surface area (Å²) in [6.45, 7) is 0. The van der Waals surface area contributed by atoms with Gasteiger partial charge in [-0.1, -0.05) is 18.5 Å². The van der Waals surface area contributed by atoms with Crippen molar-refractivity contribution in [2.24, 2.45) is 0 Å². The van der Waals surface area contributed by atoms with Crippen LogP contribution in [0.25, 0.3) is 5.69 Å². The van der Waals surface area contributed by atoms with E-state index in [2.05, 4.69) is 33.6 Å². The Morgan fingerprint density at radius 1 is 1.50 bits per heavy atom. The Morgan fingerprint density at radius 2 is 2.33 bits per heavy atom. The summed E-state index contributed by atoms with van der Waals surface area (Å²) in [4.78, 5) is 11.5. The zero-order valence-corrected chi connectivity index (χ0v) is 10.5. The van der Waals surface area contributed by atoms with Crippen LogP contribution in [-0.4, -0.2) is 22.9 Å². The molecule has 0 N–H and O–H groups in total. The first-order valence-electron chi connectivity index (χ1n) is 5.13. The van der Waals surface area contributed by atoms with Crippen LogP contribution in [0.4, 0.5) is 0 Å². The molecule has 0 amide bonds. The standard InChI is InChI=1S/C13H10N2O2S/c1-17-13(16)11-3-4-12(10(9-11)5-8-18)15-7-2-6-14-15/h2-4,6-7,9,18H,1H3. The van der Waals surface area contributed by atoms with Crippen molar-refractivity contribution in [3.05, 3.63) is 47.8 Å². The number of rotatable bonds is 2. The molecule has 0 unspecified atom stereocenters. The lowest BCUT2D eigenvalue weighted by molar-refractivity contribution is 0.0600. The highest BCUT2D eigenvalue weighted by molar-refractivity contribution is 7.85. The van der Waals surface area contributed by atoms with Gasteiger partial charge in [0.05, 0.1) is 23.9 Å². The van der Waals surface area contributed by atoms with Gasteiger partial charge in [-0.3, -0.25) is 0 Å². The summed E-state index contributed by atoms with van der Waals surface area (Å²) in [6, 6.07) is 6.91. The third-order valence-corrected chi connectivity index (χ3v) is 2.47. The highest BCUT2D eigenvalue weighted by atomic mass is 32.1. The van der Waals surface area contributed by atoms with Gasteiger partial charge in [0.25, 0.3) is 0 Å². The number of benzene rings is 1. The Kier molecular flexibility index (Phi) is 3.70. The minimum atomic E-state index is -0.399. The first kappa shape index (κ1) is 12.3. The molecule has 5 heteroatoms. The molecule has 0 saturated heterocycles. The number of esters is 1. The number of hydrogen-bond donors (Lipinski definition) is 1. The van der Waals surface area contributed by atoms with Gasteiger partial charge in [-0.05, 0) is 29.5 Å². The van der Waals surface area contributed by atoms with Crippen LogP contribution in [0.2, 0.25) is 0 Å². The predicted molar refractivity (Wildman–Crippen MR) is 70.8 cm³/mol. The van der Waals surface area contributed by atoms with Gasteiger partial charge in [0.15, 0.2) is 0 Å². The van der Waals surface area contributed by atoms with Crippen LogP contribution in [0.5, 0.6) is 0 Å². The average Bonchev–Trinajstić information content (AvgIpc) is 2.92. The molecule has 90 valence electrons.